The fourth-order valence-electron chi connectivity index (χ4n) is 2.95. The van der Waals surface area contributed by atoms with Gasteiger partial charge in [0.2, 0.25) is 0 Å². The standard InChI is InChI=1S/C13H15F3N2/c14-13(15,16)11-4-6-18-7-5-17-8-9-2-1-3-10(11)12(9)18/h2,4,6,11,17H,1,3,5,7-8H2/t11-/m0/s1. The van der Waals surface area contributed by atoms with Gasteiger partial charge in [-0.2, -0.15) is 13.2 Å². The van der Waals surface area contributed by atoms with Gasteiger partial charge in [-0.3, -0.25) is 0 Å². The summed E-state index contributed by atoms with van der Waals surface area (Å²) >= 11 is 0. The molecule has 1 atom stereocenters. The van der Waals surface area contributed by atoms with E-state index in [1.807, 2.05) is 4.90 Å². The van der Waals surface area contributed by atoms with Gasteiger partial charge in [0.25, 0.3) is 0 Å². The van der Waals surface area contributed by atoms with Crippen LogP contribution in [-0.2, 0) is 0 Å². The topological polar surface area (TPSA) is 15.3 Å². The number of hydrogen-bond donors (Lipinski definition) is 1. The van der Waals surface area contributed by atoms with Crippen LogP contribution in [0.1, 0.15) is 12.8 Å². The first kappa shape index (κ1) is 11.8. The van der Waals surface area contributed by atoms with Gasteiger partial charge >= 0.3 is 6.18 Å². The fraction of sp³-hybridized carbons (Fsp3) is 0.538. The molecule has 98 valence electrons. The van der Waals surface area contributed by atoms with Gasteiger partial charge in [-0.1, -0.05) is 12.2 Å². The van der Waals surface area contributed by atoms with Crippen molar-refractivity contribution in [1.29, 1.82) is 0 Å². The molecule has 1 fully saturated rings. The second kappa shape index (κ2) is 4.16. The Bertz CT molecular complexity index is 446. The minimum absolute atomic E-state index is 0.518. The quantitative estimate of drug-likeness (QED) is 0.716. The van der Waals surface area contributed by atoms with Gasteiger partial charge in [-0.25, -0.2) is 0 Å². The van der Waals surface area contributed by atoms with Crippen molar-refractivity contribution in [2.75, 3.05) is 19.6 Å². The molecule has 2 nitrogen and oxygen atoms in total. The first-order valence-corrected chi connectivity index (χ1v) is 6.22. The second-order valence-corrected chi connectivity index (χ2v) is 4.87. The third-order valence-corrected chi connectivity index (χ3v) is 3.73. The summed E-state index contributed by atoms with van der Waals surface area (Å²) in [5.41, 5.74) is 2.38. The van der Waals surface area contributed by atoms with E-state index in [9.17, 15) is 13.2 Å². The van der Waals surface area contributed by atoms with Gasteiger partial charge < -0.3 is 10.2 Å². The molecule has 0 unspecified atom stereocenters. The molecule has 0 aromatic rings. The van der Waals surface area contributed by atoms with Gasteiger partial charge in [0, 0.05) is 31.5 Å². The van der Waals surface area contributed by atoms with Crippen molar-refractivity contribution in [3.8, 4) is 0 Å². The molecule has 3 rings (SSSR count). The molecule has 5 heteroatoms. The van der Waals surface area contributed by atoms with Crippen molar-refractivity contribution in [2.24, 2.45) is 5.92 Å². The molecule has 0 aromatic heterocycles. The van der Waals surface area contributed by atoms with Crippen LogP contribution in [0.4, 0.5) is 13.2 Å². The molecule has 0 amide bonds. The number of rotatable bonds is 0. The van der Waals surface area contributed by atoms with Gasteiger partial charge in [0.05, 0.1) is 5.92 Å². The zero-order valence-electron chi connectivity index (χ0n) is 9.93. The Kier molecular flexibility index (Phi) is 2.73. The Hall–Kier alpha value is -1.23. The van der Waals surface area contributed by atoms with Gasteiger partial charge in [-0.15, -0.1) is 0 Å². The molecular weight excluding hydrogens is 241 g/mol. The lowest BCUT2D eigenvalue weighted by Crippen LogP contribution is -2.33. The average molecular weight is 256 g/mol. The minimum atomic E-state index is -4.17. The number of nitrogens with zero attached hydrogens (tertiary/aromatic N) is 1. The molecule has 0 aromatic carbocycles. The Labute approximate surface area is 104 Å². The molecule has 2 aliphatic heterocycles. The number of alkyl halides is 3. The maximum Gasteiger partial charge on any atom is 0.398 e. The molecule has 0 saturated carbocycles. The third kappa shape index (κ3) is 1.86. The highest BCUT2D eigenvalue weighted by molar-refractivity contribution is 5.44. The highest BCUT2D eigenvalue weighted by Gasteiger charge is 2.44. The highest BCUT2D eigenvalue weighted by atomic mass is 19.4. The van der Waals surface area contributed by atoms with Crippen molar-refractivity contribution >= 4 is 0 Å². The summed E-state index contributed by atoms with van der Waals surface area (Å²) in [4.78, 5) is 1.96. The van der Waals surface area contributed by atoms with E-state index in [0.717, 1.165) is 24.4 Å². The molecule has 0 spiro atoms. The van der Waals surface area contributed by atoms with Crippen molar-refractivity contribution in [3.63, 3.8) is 0 Å². The first-order valence-electron chi connectivity index (χ1n) is 6.22. The average Bonchev–Trinajstić information content (AvgIpc) is 2.52. The summed E-state index contributed by atoms with van der Waals surface area (Å²) in [5, 5.41) is 3.25. The van der Waals surface area contributed by atoms with E-state index < -0.39 is 12.1 Å². The second-order valence-electron chi connectivity index (χ2n) is 4.87. The van der Waals surface area contributed by atoms with Crippen LogP contribution in [0.15, 0.2) is 35.2 Å². The Morgan fingerprint density at radius 1 is 1.33 bits per heavy atom. The van der Waals surface area contributed by atoms with E-state index in [2.05, 4.69) is 11.4 Å². The smallest absolute Gasteiger partial charge is 0.347 e. The van der Waals surface area contributed by atoms with Crippen LogP contribution in [0.2, 0.25) is 0 Å². The number of nitrogens with one attached hydrogen (secondary N) is 1. The van der Waals surface area contributed by atoms with E-state index in [-0.39, 0.29) is 0 Å². The molecule has 1 saturated heterocycles. The van der Waals surface area contributed by atoms with Crippen molar-refractivity contribution in [1.82, 2.24) is 10.2 Å². The van der Waals surface area contributed by atoms with Crippen LogP contribution >= 0.6 is 0 Å². The van der Waals surface area contributed by atoms with Crippen LogP contribution in [0, 0.1) is 5.92 Å². The van der Waals surface area contributed by atoms with Crippen molar-refractivity contribution in [2.45, 2.75) is 19.0 Å². The minimum Gasteiger partial charge on any atom is -0.347 e. The van der Waals surface area contributed by atoms with Crippen molar-refractivity contribution in [3.05, 3.63) is 35.2 Å². The molecule has 0 radical (unpaired) electrons. The van der Waals surface area contributed by atoms with E-state index in [1.54, 1.807) is 6.20 Å². The number of hydrogen-bond acceptors (Lipinski definition) is 2. The van der Waals surface area contributed by atoms with E-state index in [1.165, 1.54) is 6.08 Å². The third-order valence-electron chi connectivity index (χ3n) is 3.73. The maximum atomic E-state index is 13.1. The normalized spacial score (nSPS) is 27.8. The van der Waals surface area contributed by atoms with Crippen molar-refractivity contribution < 1.29 is 13.2 Å². The lowest BCUT2D eigenvalue weighted by molar-refractivity contribution is -0.153. The monoisotopic (exact) mass is 256 g/mol. The van der Waals surface area contributed by atoms with E-state index >= 15 is 0 Å². The Morgan fingerprint density at radius 3 is 2.94 bits per heavy atom. The number of halogens is 3. The van der Waals surface area contributed by atoms with Crippen LogP contribution < -0.4 is 5.32 Å². The van der Waals surface area contributed by atoms with Gasteiger partial charge in [0.15, 0.2) is 0 Å². The predicted molar refractivity (Wildman–Crippen MR) is 62.6 cm³/mol. The van der Waals surface area contributed by atoms with Crippen LogP contribution in [0.3, 0.4) is 0 Å². The van der Waals surface area contributed by atoms with E-state index in [4.69, 9.17) is 0 Å². The lowest BCUT2D eigenvalue weighted by Gasteiger charge is -2.35. The number of allylic oxidation sites excluding steroid dienone is 3. The summed E-state index contributed by atoms with van der Waals surface area (Å²) in [5.74, 6) is -1.40. The summed E-state index contributed by atoms with van der Waals surface area (Å²) in [7, 11) is 0. The highest BCUT2D eigenvalue weighted by Crippen LogP contribution is 2.43. The van der Waals surface area contributed by atoms with Crippen LogP contribution in [0.5, 0.6) is 0 Å². The van der Waals surface area contributed by atoms with E-state index in [0.29, 0.717) is 25.0 Å². The van der Waals surface area contributed by atoms with Crippen LogP contribution in [0.25, 0.3) is 0 Å². The van der Waals surface area contributed by atoms with Crippen LogP contribution in [-0.4, -0.2) is 30.7 Å². The molecular formula is C13H15F3N2. The Morgan fingerprint density at radius 2 is 2.17 bits per heavy atom. The molecule has 3 aliphatic rings. The lowest BCUT2D eigenvalue weighted by atomic mass is 9.84. The zero-order chi connectivity index (χ0) is 12.8. The van der Waals surface area contributed by atoms with Gasteiger partial charge in [-0.05, 0) is 24.0 Å². The fourth-order valence-corrected chi connectivity index (χ4v) is 2.95. The molecule has 2 heterocycles. The molecule has 0 bridgehead atoms. The largest absolute Gasteiger partial charge is 0.398 e. The summed E-state index contributed by atoms with van der Waals surface area (Å²) < 4.78 is 39.2. The Balaban J connectivity index is 2.06. The zero-order valence-corrected chi connectivity index (χ0v) is 9.93. The SMILES string of the molecule is FC(F)(F)[C@H]1C=CN2CCNCC3=CCCC1=C32. The predicted octanol–water partition coefficient (Wildman–Crippen LogP) is 2.57. The molecule has 18 heavy (non-hydrogen) atoms. The summed E-state index contributed by atoms with van der Waals surface area (Å²) in [6.07, 6.45) is 2.02. The maximum absolute atomic E-state index is 13.1. The summed E-state index contributed by atoms with van der Waals surface area (Å²) in [6, 6.07) is 0. The summed E-state index contributed by atoms with van der Waals surface area (Å²) in [6.45, 7) is 2.21. The van der Waals surface area contributed by atoms with Gasteiger partial charge in [0.1, 0.15) is 0 Å². The molecule has 1 N–H and O–H groups in total. The molecule has 1 aliphatic carbocycles. The first-order chi connectivity index (χ1) is 8.57.